The van der Waals surface area contributed by atoms with Crippen molar-refractivity contribution in [2.75, 3.05) is 7.11 Å². The van der Waals surface area contributed by atoms with Gasteiger partial charge in [0.25, 0.3) is 0 Å². The molecule has 2 rings (SSSR count). The molecule has 2 N–H and O–H groups in total. The van der Waals surface area contributed by atoms with Crippen molar-refractivity contribution in [2.45, 2.75) is 37.6 Å². The van der Waals surface area contributed by atoms with Crippen molar-refractivity contribution in [1.29, 1.82) is 0 Å². The van der Waals surface area contributed by atoms with Crippen molar-refractivity contribution in [3.8, 4) is 5.75 Å². The Kier molecular flexibility index (Phi) is 3.85. The molecule has 0 amide bonds. The van der Waals surface area contributed by atoms with Crippen LogP contribution in [0.4, 0.5) is 8.78 Å². The van der Waals surface area contributed by atoms with Crippen LogP contribution < -0.4 is 10.5 Å². The Balaban J connectivity index is 2.07. The molecule has 0 saturated heterocycles. The van der Waals surface area contributed by atoms with Gasteiger partial charge in [0.1, 0.15) is 5.75 Å². The summed E-state index contributed by atoms with van der Waals surface area (Å²) in [6.45, 7) is 0. The summed E-state index contributed by atoms with van der Waals surface area (Å²) in [6.07, 6.45) is 1.24. The third kappa shape index (κ3) is 2.99. The van der Waals surface area contributed by atoms with Gasteiger partial charge in [0.05, 0.1) is 7.11 Å². The van der Waals surface area contributed by atoms with Crippen molar-refractivity contribution >= 4 is 0 Å². The van der Waals surface area contributed by atoms with E-state index in [-0.39, 0.29) is 24.8 Å². The summed E-state index contributed by atoms with van der Waals surface area (Å²) in [5, 5.41) is 0. The molecule has 0 heterocycles. The summed E-state index contributed by atoms with van der Waals surface area (Å²) in [7, 11) is 1.59. The van der Waals surface area contributed by atoms with Crippen LogP contribution in [0.15, 0.2) is 24.3 Å². The second-order valence-electron chi connectivity index (χ2n) is 5.01. The van der Waals surface area contributed by atoms with Gasteiger partial charge in [0.2, 0.25) is 5.92 Å². The average molecular weight is 255 g/mol. The normalized spacial score (nSPS) is 24.6. The second-order valence-corrected chi connectivity index (χ2v) is 5.01. The SMILES string of the molecule is COc1ccc(C(N)C2CCCC(F)(F)C2)cc1. The fraction of sp³-hybridized carbons (Fsp3) is 0.571. The van der Waals surface area contributed by atoms with E-state index < -0.39 is 5.92 Å². The zero-order valence-electron chi connectivity index (χ0n) is 10.5. The van der Waals surface area contributed by atoms with E-state index in [2.05, 4.69) is 0 Å². The van der Waals surface area contributed by atoms with Crippen molar-refractivity contribution in [2.24, 2.45) is 11.7 Å². The van der Waals surface area contributed by atoms with E-state index in [0.29, 0.717) is 6.42 Å². The van der Waals surface area contributed by atoms with Gasteiger partial charge >= 0.3 is 0 Å². The van der Waals surface area contributed by atoms with Crippen LogP contribution in [0.1, 0.15) is 37.3 Å². The number of alkyl halides is 2. The molecule has 18 heavy (non-hydrogen) atoms. The minimum Gasteiger partial charge on any atom is -0.497 e. The summed E-state index contributed by atoms with van der Waals surface area (Å²) in [6, 6.07) is 7.03. The van der Waals surface area contributed by atoms with Crippen LogP contribution in [0.2, 0.25) is 0 Å². The Bertz CT molecular complexity index is 391. The number of hydrogen-bond donors (Lipinski definition) is 1. The molecule has 2 nitrogen and oxygen atoms in total. The smallest absolute Gasteiger partial charge is 0.248 e. The molecule has 0 aliphatic heterocycles. The number of nitrogens with two attached hydrogens (primary N) is 1. The highest BCUT2D eigenvalue weighted by Crippen LogP contribution is 2.41. The summed E-state index contributed by atoms with van der Waals surface area (Å²) in [5.74, 6) is -1.94. The summed E-state index contributed by atoms with van der Waals surface area (Å²) >= 11 is 0. The lowest BCUT2D eigenvalue weighted by Gasteiger charge is -2.32. The highest BCUT2D eigenvalue weighted by atomic mass is 19.3. The fourth-order valence-electron chi connectivity index (χ4n) is 2.62. The molecule has 1 aliphatic carbocycles. The number of benzene rings is 1. The van der Waals surface area contributed by atoms with E-state index in [1.807, 2.05) is 24.3 Å². The Morgan fingerprint density at radius 3 is 2.56 bits per heavy atom. The molecule has 1 fully saturated rings. The molecular formula is C14H19F2NO. The van der Waals surface area contributed by atoms with Crippen LogP contribution in [0.5, 0.6) is 5.75 Å². The van der Waals surface area contributed by atoms with Gasteiger partial charge in [0.15, 0.2) is 0 Å². The zero-order chi connectivity index (χ0) is 13.2. The first-order valence-corrected chi connectivity index (χ1v) is 6.29. The first-order valence-electron chi connectivity index (χ1n) is 6.29. The molecule has 1 aliphatic rings. The molecule has 2 atom stereocenters. The fourth-order valence-corrected chi connectivity index (χ4v) is 2.62. The van der Waals surface area contributed by atoms with Gasteiger partial charge in [-0.2, -0.15) is 0 Å². The lowest BCUT2D eigenvalue weighted by Crippen LogP contribution is -2.32. The third-order valence-electron chi connectivity index (χ3n) is 3.69. The van der Waals surface area contributed by atoms with Crippen LogP contribution in [0.3, 0.4) is 0 Å². The van der Waals surface area contributed by atoms with Crippen LogP contribution in [-0.2, 0) is 0 Å². The van der Waals surface area contributed by atoms with Gasteiger partial charge in [-0.25, -0.2) is 8.78 Å². The molecule has 0 radical (unpaired) electrons. The number of rotatable bonds is 3. The van der Waals surface area contributed by atoms with Crippen LogP contribution in [0, 0.1) is 5.92 Å². The van der Waals surface area contributed by atoms with E-state index >= 15 is 0 Å². The number of hydrogen-bond acceptors (Lipinski definition) is 2. The van der Waals surface area contributed by atoms with Crippen LogP contribution >= 0.6 is 0 Å². The quantitative estimate of drug-likeness (QED) is 0.896. The molecule has 2 unspecified atom stereocenters. The zero-order valence-corrected chi connectivity index (χ0v) is 10.5. The van der Waals surface area contributed by atoms with Gasteiger partial charge in [0, 0.05) is 18.9 Å². The Morgan fingerprint density at radius 1 is 1.33 bits per heavy atom. The lowest BCUT2D eigenvalue weighted by atomic mass is 9.80. The molecule has 0 spiro atoms. The Hall–Kier alpha value is -1.16. The first kappa shape index (κ1) is 13.3. The van der Waals surface area contributed by atoms with E-state index in [0.717, 1.165) is 17.7 Å². The Labute approximate surface area is 106 Å². The Morgan fingerprint density at radius 2 is 2.00 bits per heavy atom. The van der Waals surface area contributed by atoms with Crippen molar-refractivity contribution in [3.63, 3.8) is 0 Å². The van der Waals surface area contributed by atoms with E-state index in [4.69, 9.17) is 10.5 Å². The lowest BCUT2D eigenvalue weighted by molar-refractivity contribution is -0.0563. The summed E-state index contributed by atoms with van der Waals surface area (Å²) in [4.78, 5) is 0. The summed E-state index contributed by atoms with van der Waals surface area (Å²) < 4.78 is 31.8. The largest absolute Gasteiger partial charge is 0.497 e. The van der Waals surface area contributed by atoms with E-state index in [9.17, 15) is 8.78 Å². The predicted octanol–water partition coefficient (Wildman–Crippen LogP) is 3.52. The number of halogens is 2. The molecular weight excluding hydrogens is 236 g/mol. The highest BCUT2D eigenvalue weighted by Gasteiger charge is 2.38. The van der Waals surface area contributed by atoms with Gasteiger partial charge in [-0.3, -0.25) is 0 Å². The van der Waals surface area contributed by atoms with Crippen molar-refractivity contribution in [1.82, 2.24) is 0 Å². The third-order valence-corrected chi connectivity index (χ3v) is 3.69. The van der Waals surface area contributed by atoms with Gasteiger partial charge in [-0.05, 0) is 36.5 Å². The van der Waals surface area contributed by atoms with Crippen LogP contribution in [-0.4, -0.2) is 13.0 Å². The minimum atomic E-state index is -2.55. The highest BCUT2D eigenvalue weighted by molar-refractivity contribution is 5.29. The van der Waals surface area contributed by atoms with E-state index in [1.54, 1.807) is 7.11 Å². The average Bonchev–Trinajstić information content (AvgIpc) is 2.37. The summed E-state index contributed by atoms with van der Waals surface area (Å²) in [5.41, 5.74) is 7.01. The first-order chi connectivity index (χ1) is 8.52. The van der Waals surface area contributed by atoms with Crippen molar-refractivity contribution < 1.29 is 13.5 Å². The van der Waals surface area contributed by atoms with Gasteiger partial charge < -0.3 is 10.5 Å². The maximum atomic E-state index is 13.4. The molecule has 0 bridgehead atoms. The molecule has 1 aromatic carbocycles. The minimum absolute atomic E-state index is 0.00116. The molecule has 1 aromatic rings. The van der Waals surface area contributed by atoms with Gasteiger partial charge in [-0.15, -0.1) is 0 Å². The van der Waals surface area contributed by atoms with E-state index in [1.165, 1.54) is 0 Å². The van der Waals surface area contributed by atoms with Crippen molar-refractivity contribution in [3.05, 3.63) is 29.8 Å². The standard InChI is InChI=1S/C14H19F2NO/c1-18-12-6-4-10(5-7-12)13(17)11-3-2-8-14(15,16)9-11/h4-7,11,13H,2-3,8-9,17H2,1H3. The number of methoxy groups -OCH3 is 1. The maximum absolute atomic E-state index is 13.4. The topological polar surface area (TPSA) is 35.2 Å². The molecule has 0 aromatic heterocycles. The second kappa shape index (κ2) is 5.22. The number of ether oxygens (including phenoxy) is 1. The molecule has 4 heteroatoms. The van der Waals surface area contributed by atoms with Gasteiger partial charge in [-0.1, -0.05) is 12.1 Å². The predicted molar refractivity (Wildman–Crippen MR) is 66.8 cm³/mol. The monoisotopic (exact) mass is 255 g/mol. The molecule has 100 valence electrons. The maximum Gasteiger partial charge on any atom is 0.248 e. The van der Waals surface area contributed by atoms with Crippen LogP contribution in [0.25, 0.3) is 0 Å². The molecule has 1 saturated carbocycles.